The third-order valence-electron chi connectivity index (χ3n) is 3.98. The van der Waals surface area contributed by atoms with Crippen molar-refractivity contribution in [2.24, 2.45) is 0 Å². The van der Waals surface area contributed by atoms with Crippen molar-refractivity contribution in [1.82, 2.24) is 0 Å². The average Bonchev–Trinajstić information content (AvgIpc) is 2.63. The number of aryl methyl sites for hydroxylation is 1. The molecule has 130 valence electrons. The highest BCUT2D eigenvalue weighted by molar-refractivity contribution is 6.15. The highest BCUT2D eigenvalue weighted by atomic mass is 16.4. The molecular weight excluding hydrogens is 330 g/mol. The van der Waals surface area contributed by atoms with Gasteiger partial charge in [0.1, 0.15) is 5.75 Å². The number of carboxylic acid groups (broad SMARTS) is 1. The van der Waals surface area contributed by atoms with Gasteiger partial charge in [-0.05, 0) is 37.3 Å². The third-order valence-corrected chi connectivity index (χ3v) is 3.98. The van der Waals surface area contributed by atoms with Crippen molar-refractivity contribution in [2.45, 2.75) is 6.92 Å². The highest BCUT2D eigenvalue weighted by Crippen LogP contribution is 2.27. The smallest absolute Gasteiger partial charge is 0.336 e. The zero-order valence-corrected chi connectivity index (χ0v) is 14.1. The van der Waals surface area contributed by atoms with Gasteiger partial charge in [0, 0.05) is 23.0 Å². The largest absolute Gasteiger partial charge is 0.507 e. The first-order valence-corrected chi connectivity index (χ1v) is 7.99. The summed E-state index contributed by atoms with van der Waals surface area (Å²) < 4.78 is 0. The van der Waals surface area contributed by atoms with Crippen molar-refractivity contribution in [3.8, 4) is 5.75 Å². The lowest BCUT2D eigenvalue weighted by Crippen LogP contribution is -2.09. The normalized spacial score (nSPS) is 10.3. The van der Waals surface area contributed by atoms with Crippen LogP contribution >= 0.6 is 0 Å². The minimum atomic E-state index is -1.19. The number of carbonyl (C=O) groups is 2. The van der Waals surface area contributed by atoms with E-state index >= 15 is 0 Å². The Labute approximate surface area is 150 Å². The van der Waals surface area contributed by atoms with E-state index in [9.17, 15) is 19.8 Å². The molecule has 3 N–H and O–H groups in total. The zero-order valence-electron chi connectivity index (χ0n) is 14.1. The second kappa shape index (κ2) is 7.11. The number of anilines is 2. The van der Waals surface area contributed by atoms with E-state index in [1.54, 1.807) is 18.2 Å². The van der Waals surface area contributed by atoms with Gasteiger partial charge in [-0.25, -0.2) is 4.79 Å². The van der Waals surface area contributed by atoms with Crippen LogP contribution in [0.4, 0.5) is 11.4 Å². The molecule has 0 heterocycles. The molecule has 0 bridgehead atoms. The van der Waals surface area contributed by atoms with Crippen molar-refractivity contribution in [3.05, 3.63) is 89.0 Å². The van der Waals surface area contributed by atoms with E-state index in [0.717, 1.165) is 11.3 Å². The summed E-state index contributed by atoms with van der Waals surface area (Å²) in [7, 11) is 0. The molecule has 0 aliphatic rings. The highest BCUT2D eigenvalue weighted by Gasteiger charge is 2.20. The van der Waals surface area contributed by atoms with Crippen LogP contribution in [0.5, 0.6) is 5.75 Å². The molecule has 0 aromatic heterocycles. The van der Waals surface area contributed by atoms with Gasteiger partial charge in [0.15, 0.2) is 5.78 Å². The van der Waals surface area contributed by atoms with Crippen LogP contribution < -0.4 is 5.32 Å². The van der Waals surface area contributed by atoms with Crippen LogP contribution in [0.2, 0.25) is 0 Å². The summed E-state index contributed by atoms with van der Waals surface area (Å²) in [6.45, 7) is 1.99. The molecular formula is C21H17NO4. The molecule has 3 aromatic carbocycles. The molecule has 0 saturated heterocycles. The SMILES string of the molecule is Cc1ccc(Nc2ccc(C(=O)c3ccccc3C(=O)O)c(O)c2)cc1. The lowest BCUT2D eigenvalue weighted by Gasteiger charge is -2.10. The van der Waals surface area contributed by atoms with Gasteiger partial charge in [0.25, 0.3) is 0 Å². The van der Waals surface area contributed by atoms with Crippen LogP contribution in [0.25, 0.3) is 0 Å². The molecule has 5 nitrogen and oxygen atoms in total. The summed E-state index contributed by atoms with van der Waals surface area (Å²) >= 11 is 0. The number of aromatic hydroxyl groups is 1. The maximum absolute atomic E-state index is 12.7. The van der Waals surface area contributed by atoms with Gasteiger partial charge >= 0.3 is 5.97 Å². The first kappa shape index (κ1) is 17.2. The van der Waals surface area contributed by atoms with Crippen molar-refractivity contribution >= 4 is 23.1 Å². The molecule has 0 aliphatic heterocycles. The monoisotopic (exact) mass is 347 g/mol. The van der Waals surface area contributed by atoms with E-state index in [1.165, 1.54) is 24.3 Å². The number of nitrogens with one attached hydrogen (secondary N) is 1. The predicted molar refractivity (Wildman–Crippen MR) is 99.4 cm³/mol. The Morgan fingerprint density at radius 2 is 1.42 bits per heavy atom. The van der Waals surface area contributed by atoms with E-state index < -0.39 is 11.8 Å². The number of carbonyl (C=O) groups excluding carboxylic acids is 1. The first-order valence-electron chi connectivity index (χ1n) is 7.99. The summed E-state index contributed by atoms with van der Waals surface area (Å²) in [5, 5.41) is 22.6. The summed E-state index contributed by atoms with van der Waals surface area (Å²) in [5.74, 6) is -1.94. The molecule has 0 saturated carbocycles. The van der Waals surface area contributed by atoms with Crippen LogP contribution in [0, 0.1) is 6.92 Å². The number of benzene rings is 3. The van der Waals surface area contributed by atoms with Crippen LogP contribution in [0.15, 0.2) is 66.7 Å². The lowest BCUT2D eigenvalue weighted by molar-refractivity contribution is 0.0692. The van der Waals surface area contributed by atoms with Gasteiger partial charge in [-0.3, -0.25) is 4.79 Å². The van der Waals surface area contributed by atoms with Crippen LogP contribution in [0.1, 0.15) is 31.8 Å². The maximum atomic E-state index is 12.7. The van der Waals surface area contributed by atoms with Gasteiger partial charge in [-0.15, -0.1) is 0 Å². The van der Waals surface area contributed by atoms with Gasteiger partial charge in [-0.2, -0.15) is 0 Å². The second-order valence-corrected chi connectivity index (χ2v) is 5.90. The van der Waals surface area contributed by atoms with E-state index in [2.05, 4.69) is 5.32 Å². The second-order valence-electron chi connectivity index (χ2n) is 5.90. The Hall–Kier alpha value is -3.60. The van der Waals surface area contributed by atoms with Crippen LogP contribution in [-0.2, 0) is 0 Å². The van der Waals surface area contributed by atoms with Crippen molar-refractivity contribution in [3.63, 3.8) is 0 Å². The summed E-state index contributed by atoms with van der Waals surface area (Å²) in [5.41, 5.74) is 2.60. The van der Waals surface area contributed by atoms with Crippen LogP contribution in [-0.4, -0.2) is 22.0 Å². The molecule has 0 atom stereocenters. The Morgan fingerprint density at radius 1 is 0.808 bits per heavy atom. The number of phenolic OH excluding ortho intramolecular Hbond substituents is 1. The summed E-state index contributed by atoms with van der Waals surface area (Å²) in [4.78, 5) is 24.0. The molecule has 0 unspecified atom stereocenters. The molecule has 0 fully saturated rings. The van der Waals surface area contributed by atoms with Crippen LogP contribution in [0.3, 0.4) is 0 Å². The summed E-state index contributed by atoms with van der Waals surface area (Å²) in [6, 6.07) is 18.3. The van der Waals surface area contributed by atoms with Gasteiger partial charge in [0.2, 0.25) is 0 Å². The maximum Gasteiger partial charge on any atom is 0.336 e. The molecule has 0 radical (unpaired) electrons. The van der Waals surface area contributed by atoms with Gasteiger partial charge in [0.05, 0.1) is 11.1 Å². The average molecular weight is 347 g/mol. The predicted octanol–water partition coefficient (Wildman–Crippen LogP) is 4.37. The standard InChI is InChI=1S/C21H17NO4/c1-13-6-8-14(9-7-13)22-15-10-11-18(19(23)12-15)20(24)16-4-2-3-5-17(16)21(25)26/h2-12,22-23H,1H3,(H,25,26). The Bertz CT molecular complexity index is 978. The molecule has 0 amide bonds. The fraction of sp³-hybridized carbons (Fsp3) is 0.0476. The molecule has 26 heavy (non-hydrogen) atoms. The first-order chi connectivity index (χ1) is 12.5. The van der Waals surface area contributed by atoms with E-state index in [0.29, 0.717) is 5.69 Å². The van der Waals surface area contributed by atoms with Crippen molar-refractivity contribution in [1.29, 1.82) is 0 Å². The fourth-order valence-corrected chi connectivity index (χ4v) is 2.62. The van der Waals surface area contributed by atoms with Gasteiger partial charge < -0.3 is 15.5 Å². The number of phenols is 1. The molecule has 3 rings (SSSR count). The van der Waals surface area contributed by atoms with Crippen molar-refractivity contribution in [2.75, 3.05) is 5.32 Å². The minimum absolute atomic E-state index is 0.0366. The fourth-order valence-electron chi connectivity index (χ4n) is 2.62. The van der Waals surface area contributed by atoms with E-state index in [1.807, 2.05) is 31.2 Å². The van der Waals surface area contributed by atoms with Crippen molar-refractivity contribution < 1.29 is 19.8 Å². The van der Waals surface area contributed by atoms with E-state index in [-0.39, 0.29) is 22.4 Å². The Morgan fingerprint density at radius 3 is 2.04 bits per heavy atom. The Kier molecular flexibility index (Phi) is 4.71. The molecule has 5 heteroatoms. The molecule has 3 aromatic rings. The number of ketones is 1. The van der Waals surface area contributed by atoms with Gasteiger partial charge in [-0.1, -0.05) is 35.9 Å². The number of hydrogen-bond donors (Lipinski definition) is 3. The minimum Gasteiger partial charge on any atom is -0.507 e. The number of aromatic carboxylic acids is 1. The zero-order chi connectivity index (χ0) is 18.7. The quantitative estimate of drug-likeness (QED) is 0.597. The number of rotatable bonds is 5. The lowest BCUT2D eigenvalue weighted by atomic mass is 9.97. The molecule has 0 spiro atoms. The Balaban J connectivity index is 1.89. The third kappa shape index (κ3) is 3.57. The summed E-state index contributed by atoms with van der Waals surface area (Å²) in [6.07, 6.45) is 0. The topological polar surface area (TPSA) is 86.6 Å². The van der Waals surface area contributed by atoms with E-state index in [4.69, 9.17) is 0 Å². The number of carboxylic acids is 1. The number of hydrogen-bond acceptors (Lipinski definition) is 4. The molecule has 0 aliphatic carbocycles.